The Bertz CT molecular complexity index is 1130. The lowest BCUT2D eigenvalue weighted by Crippen LogP contribution is -2.13. The van der Waals surface area contributed by atoms with Crippen molar-refractivity contribution in [3.05, 3.63) is 64.7 Å². The van der Waals surface area contributed by atoms with Gasteiger partial charge in [0.2, 0.25) is 0 Å². The summed E-state index contributed by atoms with van der Waals surface area (Å²) in [5.41, 5.74) is 7.59. The number of benzene rings is 2. The second-order valence-corrected chi connectivity index (χ2v) is 5.71. The molecule has 7 heteroatoms. The number of nitrogen functional groups attached to an aromatic ring is 1. The predicted octanol–water partition coefficient (Wildman–Crippen LogP) is 2.70. The number of halogens is 1. The van der Waals surface area contributed by atoms with Gasteiger partial charge in [0.15, 0.2) is 0 Å². The van der Waals surface area contributed by atoms with E-state index in [0.29, 0.717) is 16.6 Å². The lowest BCUT2D eigenvalue weighted by Gasteiger charge is -2.04. The van der Waals surface area contributed by atoms with E-state index in [4.69, 9.17) is 5.73 Å². The third-order valence-electron chi connectivity index (χ3n) is 3.83. The van der Waals surface area contributed by atoms with E-state index in [1.54, 1.807) is 12.1 Å². The molecule has 0 aliphatic heterocycles. The van der Waals surface area contributed by atoms with Gasteiger partial charge in [-0.25, -0.2) is 9.07 Å². The molecule has 2 aromatic carbocycles. The molecule has 4 aromatic rings. The summed E-state index contributed by atoms with van der Waals surface area (Å²) in [5.74, 6) is -0.202. The zero-order chi connectivity index (χ0) is 16.1. The number of nitrogens with two attached hydrogens (primary N) is 1. The van der Waals surface area contributed by atoms with E-state index in [0.717, 1.165) is 10.9 Å². The number of pyridine rings is 1. The van der Waals surface area contributed by atoms with Crippen LogP contribution in [-0.2, 0) is 0 Å². The van der Waals surface area contributed by atoms with Crippen molar-refractivity contribution in [2.24, 2.45) is 0 Å². The smallest absolute Gasteiger partial charge is 0.267 e. The molecule has 1 unspecified atom stereocenters. The molecule has 5 nitrogen and oxygen atoms in total. The average Bonchev–Trinajstić information content (AvgIpc) is 2.90. The fourth-order valence-electron chi connectivity index (χ4n) is 2.75. The van der Waals surface area contributed by atoms with Crippen LogP contribution in [0.4, 0.5) is 10.2 Å². The van der Waals surface area contributed by atoms with Gasteiger partial charge in [-0.1, -0.05) is 24.3 Å². The topological polar surface area (TPSA) is 65.8 Å². The van der Waals surface area contributed by atoms with Crippen molar-refractivity contribution >= 4 is 37.0 Å². The van der Waals surface area contributed by atoms with E-state index in [1.165, 1.54) is 21.2 Å². The zero-order valence-corrected chi connectivity index (χ0v) is 13.1. The second kappa shape index (κ2) is 4.89. The van der Waals surface area contributed by atoms with Crippen molar-refractivity contribution in [1.82, 2.24) is 14.1 Å². The van der Waals surface area contributed by atoms with E-state index in [9.17, 15) is 9.18 Å². The molecule has 0 radical (unpaired) electrons. The second-order valence-electron chi connectivity index (χ2n) is 5.19. The molecule has 2 heterocycles. The largest absolute Gasteiger partial charge is 0.383 e. The summed E-state index contributed by atoms with van der Waals surface area (Å²) < 4.78 is 16.3. The first kappa shape index (κ1) is 13.9. The highest BCUT2D eigenvalue weighted by Crippen LogP contribution is 2.28. The Balaban J connectivity index is 2.18. The summed E-state index contributed by atoms with van der Waals surface area (Å²) >= 11 is 0. The number of nitrogens with zero attached hydrogens (tertiary/aromatic N) is 3. The highest BCUT2D eigenvalue weighted by molar-refractivity contribution is 7.14. The van der Waals surface area contributed by atoms with Crippen LogP contribution < -0.4 is 11.3 Å². The number of hydrogen-bond donors (Lipinski definition) is 1. The summed E-state index contributed by atoms with van der Waals surface area (Å²) in [5, 5.41) is 5.58. The summed E-state index contributed by atoms with van der Waals surface area (Å²) in [7, 11) is 2.39. The van der Waals surface area contributed by atoms with Crippen LogP contribution in [0.2, 0.25) is 0 Å². The maximum atomic E-state index is 13.5. The van der Waals surface area contributed by atoms with Gasteiger partial charge in [-0.05, 0) is 33.7 Å². The molecule has 0 spiro atoms. The molecule has 0 bridgehead atoms. The van der Waals surface area contributed by atoms with Gasteiger partial charge in [0.05, 0.1) is 11.2 Å². The van der Waals surface area contributed by atoms with Gasteiger partial charge < -0.3 is 5.73 Å². The summed E-state index contributed by atoms with van der Waals surface area (Å²) in [4.78, 5) is 12.6. The molecule has 0 fully saturated rings. The average molecular weight is 326 g/mol. The van der Waals surface area contributed by atoms with Crippen molar-refractivity contribution in [2.45, 2.75) is 0 Å². The molecule has 0 aliphatic carbocycles. The Kier molecular flexibility index (Phi) is 2.96. The van der Waals surface area contributed by atoms with Gasteiger partial charge in [-0.3, -0.25) is 9.13 Å². The first-order valence-corrected chi connectivity index (χ1v) is 7.42. The normalized spacial score (nSPS) is 11.4. The van der Waals surface area contributed by atoms with Crippen molar-refractivity contribution in [1.29, 1.82) is 0 Å². The molecule has 0 saturated heterocycles. The molecule has 1 atom stereocenters. The zero-order valence-electron chi connectivity index (χ0n) is 11.9. The number of para-hydroxylation sites is 1. The van der Waals surface area contributed by atoms with Crippen LogP contribution in [0, 0.1) is 5.82 Å². The quantitative estimate of drug-likeness (QED) is 0.547. The molecular formula is C16H12FN4OP. The molecule has 0 amide bonds. The van der Waals surface area contributed by atoms with Gasteiger partial charge in [0.1, 0.15) is 22.5 Å². The number of anilines is 1. The van der Waals surface area contributed by atoms with E-state index < -0.39 is 5.82 Å². The SMILES string of the molecule is Nc1c2c(=O)n(P)c3ccccc3c2nn1-c1cccc(F)c1. The Labute approximate surface area is 132 Å². The van der Waals surface area contributed by atoms with E-state index >= 15 is 0 Å². The summed E-state index contributed by atoms with van der Waals surface area (Å²) in [6, 6.07) is 13.4. The van der Waals surface area contributed by atoms with Crippen LogP contribution >= 0.6 is 9.39 Å². The maximum absolute atomic E-state index is 13.5. The maximum Gasteiger partial charge on any atom is 0.267 e. The lowest BCUT2D eigenvalue weighted by molar-refractivity contribution is 0.625. The fourth-order valence-corrected chi connectivity index (χ4v) is 3.10. The number of hydrogen-bond acceptors (Lipinski definition) is 3. The molecule has 4 rings (SSSR count). The Hall–Kier alpha value is -2.72. The minimum absolute atomic E-state index is 0.192. The molecule has 2 N–H and O–H groups in total. The van der Waals surface area contributed by atoms with Crippen molar-refractivity contribution in [3.8, 4) is 5.69 Å². The van der Waals surface area contributed by atoms with Gasteiger partial charge >= 0.3 is 0 Å². The molecule has 0 saturated carbocycles. The third-order valence-corrected chi connectivity index (χ3v) is 4.34. The fraction of sp³-hybridized carbons (Fsp3) is 0. The highest BCUT2D eigenvalue weighted by Gasteiger charge is 2.18. The van der Waals surface area contributed by atoms with Crippen LogP contribution in [0.15, 0.2) is 53.3 Å². The van der Waals surface area contributed by atoms with Crippen molar-refractivity contribution in [3.63, 3.8) is 0 Å². The van der Waals surface area contributed by atoms with Crippen LogP contribution in [0.3, 0.4) is 0 Å². The standard InChI is InChI=1S/C16H12FN4OP/c17-9-4-3-5-10(8-9)20-15(18)13-14(19-20)11-6-1-2-7-12(11)21(23)16(13)22/h1-8H,18,23H2. The first-order valence-electron chi connectivity index (χ1n) is 6.91. The van der Waals surface area contributed by atoms with Gasteiger partial charge in [0.25, 0.3) is 5.56 Å². The molecule has 114 valence electrons. The van der Waals surface area contributed by atoms with Crippen LogP contribution in [0.1, 0.15) is 0 Å². The summed E-state index contributed by atoms with van der Waals surface area (Å²) in [6.45, 7) is 0. The van der Waals surface area contributed by atoms with Gasteiger partial charge in [0, 0.05) is 5.39 Å². The van der Waals surface area contributed by atoms with Crippen molar-refractivity contribution < 1.29 is 4.39 Å². The highest BCUT2D eigenvalue weighted by atomic mass is 31.0. The Morgan fingerprint density at radius 1 is 1.13 bits per heavy atom. The van der Waals surface area contributed by atoms with Crippen LogP contribution in [-0.4, -0.2) is 14.1 Å². The number of fused-ring (bicyclic) bond motifs is 3. The minimum atomic E-state index is -0.394. The van der Waals surface area contributed by atoms with Crippen molar-refractivity contribution in [2.75, 3.05) is 5.73 Å². The number of rotatable bonds is 1. The number of aromatic nitrogens is 3. The van der Waals surface area contributed by atoms with E-state index in [1.807, 2.05) is 24.3 Å². The molecule has 2 aromatic heterocycles. The van der Waals surface area contributed by atoms with Gasteiger partial charge in [-0.15, -0.1) is 0 Å². The van der Waals surface area contributed by atoms with E-state index in [-0.39, 0.29) is 11.4 Å². The molecular weight excluding hydrogens is 314 g/mol. The molecule has 23 heavy (non-hydrogen) atoms. The Morgan fingerprint density at radius 3 is 2.70 bits per heavy atom. The van der Waals surface area contributed by atoms with Crippen LogP contribution in [0.5, 0.6) is 0 Å². The lowest BCUT2D eigenvalue weighted by atomic mass is 10.1. The third kappa shape index (κ3) is 1.95. The Morgan fingerprint density at radius 2 is 1.91 bits per heavy atom. The molecule has 0 aliphatic rings. The predicted molar refractivity (Wildman–Crippen MR) is 92.3 cm³/mol. The van der Waals surface area contributed by atoms with Crippen LogP contribution in [0.25, 0.3) is 27.5 Å². The monoisotopic (exact) mass is 326 g/mol. The first-order chi connectivity index (χ1) is 11.1. The van der Waals surface area contributed by atoms with E-state index in [2.05, 4.69) is 14.5 Å². The van der Waals surface area contributed by atoms with Gasteiger partial charge in [-0.2, -0.15) is 5.10 Å². The summed E-state index contributed by atoms with van der Waals surface area (Å²) in [6.07, 6.45) is 0. The minimum Gasteiger partial charge on any atom is -0.383 e.